The summed E-state index contributed by atoms with van der Waals surface area (Å²) in [5.41, 5.74) is 6.19. The van der Waals surface area contributed by atoms with Crippen LogP contribution in [0.15, 0.2) is 23.2 Å². The maximum Gasteiger partial charge on any atom is 0.188 e. The maximum absolute atomic E-state index is 12.9. The number of hydrogen-bond acceptors (Lipinski definition) is 1. The van der Waals surface area contributed by atoms with Crippen LogP contribution in [0.5, 0.6) is 0 Å². The van der Waals surface area contributed by atoms with Gasteiger partial charge in [-0.1, -0.05) is 19.9 Å². The number of guanidine groups is 1. The van der Waals surface area contributed by atoms with Crippen LogP contribution in [0.2, 0.25) is 0 Å². The number of nitrogens with one attached hydrogen (secondary N) is 1. The highest BCUT2D eigenvalue weighted by atomic mass is 19.2. The fourth-order valence-corrected chi connectivity index (χ4v) is 1.18. The molecule has 0 spiro atoms. The van der Waals surface area contributed by atoms with E-state index >= 15 is 0 Å². The second-order valence-corrected chi connectivity index (χ2v) is 4.22. The predicted molar refractivity (Wildman–Crippen MR) is 64.5 cm³/mol. The molecule has 17 heavy (non-hydrogen) atoms. The largest absolute Gasteiger partial charge is 0.370 e. The minimum Gasteiger partial charge on any atom is -0.370 e. The molecule has 0 aliphatic carbocycles. The molecule has 0 radical (unpaired) electrons. The van der Waals surface area contributed by atoms with Gasteiger partial charge in [-0.05, 0) is 23.6 Å². The first-order valence-electron chi connectivity index (χ1n) is 5.46. The van der Waals surface area contributed by atoms with Gasteiger partial charge in [0, 0.05) is 6.54 Å². The van der Waals surface area contributed by atoms with Crippen molar-refractivity contribution < 1.29 is 8.78 Å². The molecule has 0 saturated heterocycles. The van der Waals surface area contributed by atoms with E-state index in [2.05, 4.69) is 24.2 Å². The summed E-state index contributed by atoms with van der Waals surface area (Å²) < 4.78 is 25.5. The normalized spacial score (nSPS) is 11.9. The lowest BCUT2D eigenvalue weighted by molar-refractivity contribution is 0.507. The number of halogens is 2. The van der Waals surface area contributed by atoms with Gasteiger partial charge in [0.15, 0.2) is 17.6 Å². The number of benzene rings is 1. The summed E-state index contributed by atoms with van der Waals surface area (Å²) in [6, 6.07) is 3.68. The highest BCUT2D eigenvalue weighted by Crippen LogP contribution is 2.09. The summed E-state index contributed by atoms with van der Waals surface area (Å²) in [4.78, 5) is 4.03. The van der Waals surface area contributed by atoms with Crippen LogP contribution in [0.4, 0.5) is 8.78 Å². The van der Waals surface area contributed by atoms with Crippen LogP contribution in [-0.4, -0.2) is 12.5 Å². The minimum atomic E-state index is -0.869. The second-order valence-electron chi connectivity index (χ2n) is 4.22. The van der Waals surface area contributed by atoms with Crippen LogP contribution in [0.1, 0.15) is 19.4 Å². The molecule has 0 amide bonds. The first-order valence-corrected chi connectivity index (χ1v) is 5.46. The molecule has 0 heterocycles. The molecule has 1 rings (SSSR count). The Balaban J connectivity index is 2.53. The van der Waals surface area contributed by atoms with E-state index in [4.69, 9.17) is 5.73 Å². The highest BCUT2D eigenvalue weighted by molar-refractivity contribution is 5.77. The predicted octanol–water partition coefficient (Wildman–Crippen LogP) is 2.03. The van der Waals surface area contributed by atoms with E-state index < -0.39 is 11.6 Å². The molecule has 0 fully saturated rings. The fourth-order valence-electron chi connectivity index (χ4n) is 1.18. The van der Waals surface area contributed by atoms with Gasteiger partial charge in [0.25, 0.3) is 0 Å². The lowest BCUT2D eigenvalue weighted by atomic mass is 10.2. The number of hydrogen-bond donors (Lipinski definition) is 2. The van der Waals surface area contributed by atoms with E-state index in [0.29, 0.717) is 17.4 Å². The summed E-state index contributed by atoms with van der Waals surface area (Å²) >= 11 is 0. The maximum atomic E-state index is 12.9. The Hall–Kier alpha value is -1.65. The summed E-state index contributed by atoms with van der Waals surface area (Å²) in [6.07, 6.45) is 0. The van der Waals surface area contributed by atoms with Crippen molar-refractivity contribution in [2.45, 2.75) is 20.4 Å². The Labute approximate surface area is 99.7 Å². The van der Waals surface area contributed by atoms with Crippen molar-refractivity contribution in [3.63, 3.8) is 0 Å². The zero-order chi connectivity index (χ0) is 12.8. The average molecular weight is 241 g/mol. The van der Waals surface area contributed by atoms with Crippen molar-refractivity contribution in [3.05, 3.63) is 35.4 Å². The molecule has 0 aliphatic rings. The van der Waals surface area contributed by atoms with Crippen molar-refractivity contribution >= 4 is 5.96 Å². The number of nitrogens with two attached hydrogens (primary N) is 1. The van der Waals surface area contributed by atoms with Crippen LogP contribution in [0.3, 0.4) is 0 Å². The topological polar surface area (TPSA) is 50.4 Å². The quantitative estimate of drug-likeness (QED) is 0.626. The fraction of sp³-hybridized carbons (Fsp3) is 0.417. The van der Waals surface area contributed by atoms with E-state index in [9.17, 15) is 8.78 Å². The van der Waals surface area contributed by atoms with Gasteiger partial charge in [0.2, 0.25) is 0 Å². The smallest absolute Gasteiger partial charge is 0.188 e. The molecule has 0 aliphatic heterocycles. The van der Waals surface area contributed by atoms with Gasteiger partial charge in [0.05, 0.1) is 6.54 Å². The zero-order valence-electron chi connectivity index (χ0n) is 10.0. The SMILES string of the molecule is CC(C)CNC(N)=NCc1ccc(F)c(F)c1. The number of rotatable bonds is 4. The zero-order valence-corrected chi connectivity index (χ0v) is 10.0. The summed E-state index contributed by atoms with van der Waals surface area (Å²) in [5.74, 6) is -0.953. The van der Waals surface area contributed by atoms with Gasteiger partial charge in [-0.3, -0.25) is 0 Å². The van der Waals surface area contributed by atoms with E-state index in [-0.39, 0.29) is 6.54 Å². The molecule has 5 heteroatoms. The Morgan fingerprint density at radius 2 is 2.06 bits per heavy atom. The Morgan fingerprint density at radius 1 is 1.35 bits per heavy atom. The molecule has 1 aromatic rings. The molecular formula is C12H17F2N3. The molecule has 3 N–H and O–H groups in total. The molecule has 94 valence electrons. The Kier molecular flexibility index (Phi) is 4.87. The van der Waals surface area contributed by atoms with E-state index in [1.165, 1.54) is 6.07 Å². The Bertz CT molecular complexity index is 403. The third-order valence-corrected chi connectivity index (χ3v) is 2.11. The minimum absolute atomic E-state index is 0.230. The first-order chi connectivity index (χ1) is 7.99. The van der Waals surface area contributed by atoms with Crippen LogP contribution < -0.4 is 11.1 Å². The van der Waals surface area contributed by atoms with Crippen molar-refractivity contribution in [3.8, 4) is 0 Å². The third-order valence-electron chi connectivity index (χ3n) is 2.11. The third kappa shape index (κ3) is 4.80. The standard InChI is InChI=1S/C12H17F2N3/c1-8(2)6-16-12(15)17-7-9-3-4-10(13)11(14)5-9/h3-5,8H,6-7H2,1-2H3,(H3,15,16,17). The molecule has 0 unspecified atom stereocenters. The summed E-state index contributed by atoms with van der Waals surface area (Å²) in [6.45, 7) is 5.06. The van der Waals surface area contributed by atoms with Gasteiger partial charge < -0.3 is 11.1 Å². The van der Waals surface area contributed by atoms with E-state index in [1.807, 2.05) is 0 Å². The summed E-state index contributed by atoms with van der Waals surface area (Å²) in [5, 5.41) is 2.94. The van der Waals surface area contributed by atoms with Crippen molar-refractivity contribution in [1.82, 2.24) is 5.32 Å². The monoisotopic (exact) mass is 241 g/mol. The average Bonchev–Trinajstić information content (AvgIpc) is 2.28. The molecule has 0 atom stereocenters. The van der Waals surface area contributed by atoms with Gasteiger partial charge in [-0.25, -0.2) is 13.8 Å². The van der Waals surface area contributed by atoms with Crippen LogP contribution in [-0.2, 0) is 6.54 Å². The molecule has 0 bridgehead atoms. The number of nitrogens with zero attached hydrogens (tertiary/aromatic N) is 1. The number of aliphatic imine (C=N–C) groups is 1. The van der Waals surface area contributed by atoms with E-state index in [1.54, 1.807) is 0 Å². The molecule has 0 saturated carbocycles. The van der Waals surface area contributed by atoms with Crippen LogP contribution in [0.25, 0.3) is 0 Å². The highest BCUT2D eigenvalue weighted by Gasteiger charge is 2.02. The van der Waals surface area contributed by atoms with Crippen molar-refractivity contribution in [2.24, 2.45) is 16.6 Å². The van der Waals surface area contributed by atoms with Gasteiger partial charge in [-0.2, -0.15) is 0 Å². The molecule has 3 nitrogen and oxygen atoms in total. The molecular weight excluding hydrogens is 224 g/mol. The molecule has 1 aromatic carbocycles. The lowest BCUT2D eigenvalue weighted by Gasteiger charge is -2.07. The lowest BCUT2D eigenvalue weighted by Crippen LogP contribution is -2.34. The summed E-state index contributed by atoms with van der Waals surface area (Å²) in [7, 11) is 0. The van der Waals surface area contributed by atoms with Gasteiger partial charge in [-0.15, -0.1) is 0 Å². The first kappa shape index (κ1) is 13.4. The van der Waals surface area contributed by atoms with Crippen molar-refractivity contribution in [2.75, 3.05) is 6.54 Å². The van der Waals surface area contributed by atoms with Crippen LogP contribution >= 0.6 is 0 Å². The second kappa shape index (κ2) is 6.18. The van der Waals surface area contributed by atoms with Crippen molar-refractivity contribution in [1.29, 1.82) is 0 Å². The van der Waals surface area contributed by atoms with E-state index in [0.717, 1.165) is 18.7 Å². The Morgan fingerprint density at radius 3 is 2.65 bits per heavy atom. The van der Waals surface area contributed by atoms with Gasteiger partial charge in [0.1, 0.15) is 0 Å². The molecule has 0 aromatic heterocycles. The van der Waals surface area contributed by atoms with Crippen LogP contribution in [0, 0.1) is 17.6 Å². The van der Waals surface area contributed by atoms with Gasteiger partial charge >= 0.3 is 0 Å².